The predicted molar refractivity (Wildman–Crippen MR) is 70.8 cm³/mol. The summed E-state index contributed by atoms with van der Waals surface area (Å²) < 4.78 is 10.5. The Morgan fingerprint density at radius 2 is 2.00 bits per heavy atom. The molecule has 2 atom stereocenters. The van der Waals surface area contributed by atoms with E-state index in [1.807, 2.05) is 20.8 Å². The van der Waals surface area contributed by atoms with Gasteiger partial charge in [-0.1, -0.05) is 0 Å². The van der Waals surface area contributed by atoms with Crippen LogP contribution in [0.4, 0.5) is 0 Å². The van der Waals surface area contributed by atoms with Gasteiger partial charge in [0, 0.05) is 19.8 Å². The number of carboxylic acids is 1. The molecule has 2 unspecified atom stereocenters. The smallest absolute Gasteiger partial charge is 0.323 e. The second kappa shape index (κ2) is 8.45. The molecule has 0 saturated heterocycles. The van der Waals surface area contributed by atoms with Gasteiger partial charge in [0.2, 0.25) is 0 Å². The summed E-state index contributed by atoms with van der Waals surface area (Å²) >= 11 is 0. The molecule has 2 N–H and O–H groups in total. The van der Waals surface area contributed by atoms with Crippen molar-refractivity contribution in [1.82, 2.24) is 5.32 Å². The number of carboxylic acid groups (broad SMARTS) is 1. The Morgan fingerprint density at radius 1 is 1.39 bits per heavy atom. The second-order valence-corrected chi connectivity index (χ2v) is 5.18. The molecule has 0 bridgehead atoms. The summed E-state index contributed by atoms with van der Waals surface area (Å²) in [6, 6.07) is 0.138. The zero-order valence-corrected chi connectivity index (χ0v) is 12.2. The van der Waals surface area contributed by atoms with E-state index < -0.39 is 11.5 Å². The minimum Gasteiger partial charge on any atom is -0.480 e. The molecule has 0 aromatic heterocycles. The maximum absolute atomic E-state index is 11.3. The first kappa shape index (κ1) is 17.4. The number of rotatable bonds is 10. The Morgan fingerprint density at radius 3 is 2.44 bits per heavy atom. The van der Waals surface area contributed by atoms with Crippen LogP contribution in [0.1, 0.15) is 40.5 Å². The van der Waals surface area contributed by atoms with Gasteiger partial charge in [0.25, 0.3) is 0 Å². The Bertz CT molecular complexity index is 245. The minimum atomic E-state index is -0.887. The number of ether oxygens (including phenoxy) is 2. The van der Waals surface area contributed by atoms with Crippen molar-refractivity contribution in [2.45, 2.75) is 58.2 Å². The molecule has 0 aromatic rings. The zero-order valence-electron chi connectivity index (χ0n) is 12.2. The Kier molecular flexibility index (Phi) is 8.15. The van der Waals surface area contributed by atoms with E-state index in [4.69, 9.17) is 9.47 Å². The normalized spacial score (nSPS) is 16.6. The Hall–Kier alpha value is -0.650. The molecule has 0 spiro atoms. The van der Waals surface area contributed by atoms with Gasteiger partial charge in [-0.25, -0.2) is 0 Å². The summed E-state index contributed by atoms with van der Waals surface area (Å²) in [4.78, 5) is 11.3. The van der Waals surface area contributed by atoms with Crippen LogP contribution in [0.15, 0.2) is 0 Å². The molecule has 18 heavy (non-hydrogen) atoms. The lowest BCUT2D eigenvalue weighted by atomic mass is 9.95. The first-order valence-corrected chi connectivity index (χ1v) is 6.43. The van der Waals surface area contributed by atoms with Crippen molar-refractivity contribution in [3.63, 3.8) is 0 Å². The van der Waals surface area contributed by atoms with Gasteiger partial charge in [0.1, 0.15) is 5.54 Å². The van der Waals surface area contributed by atoms with E-state index in [1.54, 1.807) is 14.0 Å². The average molecular weight is 261 g/mol. The number of nitrogens with one attached hydrogen (secondary N) is 1. The standard InChI is InChI=1S/C13H27NO4/c1-10(2)14-13(4,12(15)16)7-6-8-18-11(3)9-17-5/h10-11,14H,6-9H2,1-5H3,(H,15,16). The summed E-state index contributed by atoms with van der Waals surface area (Å²) in [5, 5.41) is 12.3. The third-order valence-corrected chi connectivity index (χ3v) is 2.70. The summed E-state index contributed by atoms with van der Waals surface area (Å²) in [6.45, 7) is 8.64. The largest absolute Gasteiger partial charge is 0.480 e. The third kappa shape index (κ3) is 6.93. The summed E-state index contributed by atoms with van der Waals surface area (Å²) in [5.74, 6) is -0.818. The van der Waals surface area contributed by atoms with Gasteiger partial charge in [-0.2, -0.15) is 0 Å². The quantitative estimate of drug-likeness (QED) is 0.585. The van der Waals surface area contributed by atoms with Gasteiger partial charge in [-0.15, -0.1) is 0 Å². The lowest BCUT2D eigenvalue weighted by molar-refractivity contribution is -0.145. The van der Waals surface area contributed by atoms with Crippen LogP contribution in [-0.2, 0) is 14.3 Å². The number of methoxy groups -OCH3 is 1. The highest BCUT2D eigenvalue weighted by molar-refractivity contribution is 5.78. The molecule has 0 aliphatic heterocycles. The third-order valence-electron chi connectivity index (χ3n) is 2.70. The Balaban J connectivity index is 4.02. The van der Waals surface area contributed by atoms with Gasteiger partial charge >= 0.3 is 5.97 Å². The van der Waals surface area contributed by atoms with Crippen LogP contribution in [0, 0.1) is 0 Å². The van der Waals surface area contributed by atoms with Crippen molar-refractivity contribution >= 4 is 5.97 Å². The molecule has 5 nitrogen and oxygen atoms in total. The molecule has 0 aliphatic rings. The lowest BCUT2D eigenvalue weighted by Crippen LogP contribution is -2.52. The van der Waals surface area contributed by atoms with Crippen LogP contribution in [0.3, 0.4) is 0 Å². The van der Waals surface area contributed by atoms with Crippen molar-refractivity contribution in [2.75, 3.05) is 20.3 Å². The van der Waals surface area contributed by atoms with Gasteiger partial charge in [0.05, 0.1) is 12.7 Å². The second-order valence-electron chi connectivity index (χ2n) is 5.18. The number of hydrogen-bond acceptors (Lipinski definition) is 4. The highest BCUT2D eigenvalue weighted by Gasteiger charge is 2.32. The van der Waals surface area contributed by atoms with Gasteiger partial charge in [-0.05, 0) is 40.5 Å². The van der Waals surface area contributed by atoms with Crippen LogP contribution in [0.5, 0.6) is 0 Å². The topological polar surface area (TPSA) is 67.8 Å². The molecule has 0 radical (unpaired) electrons. The summed E-state index contributed by atoms with van der Waals surface area (Å²) in [6.07, 6.45) is 1.29. The molecule has 0 aliphatic carbocycles. The number of carbonyl (C=O) groups is 1. The van der Waals surface area contributed by atoms with E-state index in [0.29, 0.717) is 26.1 Å². The number of hydrogen-bond donors (Lipinski definition) is 2. The molecule has 0 rings (SSSR count). The molecule has 0 saturated carbocycles. The van der Waals surface area contributed by atoms with Crippen LogP contribution in [0.2, 0.25) is 0 Å². The lowest BCUT2D eigenvalue weighted by Gasteiger charge is -2.28. The zero-order chi connectivity index (χ0) is 14.2. The van der Waals surface area contributed by atoms with E-state index in [-0.39, 0.29) is 12.1 Å². The van der Waals surface area contributed by atoms with Crippen molar-refractivity contribution < 1.29 is 19.4 Å². The van der Waals surface area contributed by atoms with Gasteiger partial charge < -0.3 is 14.6 Å². The first-order valence-electron chi connectivity index (χ1n) is 6.43. The maximum Gasteiger partial charge on any atom is 0.323 e. The monoisotopic (exact) mass is 261 g/mol. The molecule has 5 heteroatoms. The average Bonchev–Trinajstić information content (AvgIpc) is 2.23. The maximum atomic E-state index is 11.3. The molecule has 0 aromatic carbocycles. The Labute approximate surface area is 110 Å². The first-order chi connectivity index (χ1) is 8.31. The SMILES string of the molecule is COCC(C)OCCCC(C)(NC(C)C)C(=O)O. The van der Waals surface area contributed by atoms with Crippen LogP contribution >= 0.6 is 0 Å². The van der Waals surface area contributed by atoms with E-state index in [0.717, 1.165) is 0 Å². The fourth-order valence-electron chi connectivity index (χ4n) is 1.87. The molecule has 0 heterocycles. The van der Waals surface area contributed by atoms with Crippen molar-refractivity contribution in [2.24, 2.45) is 0 Å². The van der Waals surface area contributed by atoms with Crippen LogP contribution in [0.25, 0.3) is 0 Å². The van der Waals surface area contributed by atoms with Crippen molar-refractivity contribution in [3.8, 4) is 0 Å². The van der Waals surface area contributed by atoms with Crippen LogP contribution in [-0.4, -0.2) is 49.1 Å². The van der Waals surface area contributed by atoms with E-state index in [9.17, 15) is 9.90 Å². The molecular weight excluding hydrogens is 234 g/mol. The predicted octanol–water partition coefficient (Wildman–Crippen LogP) is 1.66. The fraction of sp³-hybridized carbons (Fsp3) is 0.923. The van der Waals surface area contributed by atoms with Crippen molar-refractivity contribution in [1.29, 1.82) is 0 Å². The minimum absolute atomic E-state index is 0.0455. The van der Waals surface area contributed by atoms with Crippen molar-refractivity contribution in [3.05, 3.63) is 0 Å². The molecule has 0 fully saturated rings. The van der Waals surface area contributed by atoms with Gasteiger partial charge in [0.15, 0.2) is 0 Å². The molecule has 108 valence electrons. The summed E-state index contributed by atoms with van der Waals surface area (Å²) in [5.41, 5.74) is -0.887. The highest BCUT2D eigenvalue weighted by Crippen LogP contribution is 2.14. The molecule has 0 amide bonds. The van der Waals surface area contributed by atoms with Gasteiger partial charge in [-0.3, -0.25) is 10.1 Å². The van der Waals surface area contributed by atoms with E-state index in [2.05, 4.69) is 5.32 Å². The van der Waals surface area contributed by atoms with Crippen LogP contribution < -0.4 is 5.32 Å². The fourth-order valence-corrected chi connectivity index (χ4v) is 1.87. The summed E-state index contributed by atoms with van der Waals surface area (Å²) in [7, 11) is 1.63. The van der Waals surface area contributed by atoms with E-state index >= 15 is 0 Å². The molecular formula is C13H27NO4. The van der Waals surface area contributed by atoms with E-state index in [1.165, 1.54) is 0 Å². The highest BCUT2D eigenvalue weighted by atomic mass is 16.5. The number of aliphatic carboxylic acids is 1.